The predicted molar refractivity (Wildman–Crippen MR) is 124 cm³/mol. The molecule has 2 aromatic rings. The summed E-state index contributed by atoms with van der Waals surface area (Å²) < 4.78 is 6.92. The second-order valence-corrected chi connectivity index (χ2v) is 7.63. The summed E-state index contributed by atoms with van der Waals surface area (Å²) in [6, 6.07) is 11.1. The van der Waals surface area contributed by atoms with Gasteiger partial charge < -0.3 is 14.9 Å². The highest BCUT2D eigenvalue weighted by Crippen LogP contribution is 2.26. The van der Waals surface area contributed by atoms with E-state index in [2.05, 4.69) is 31.9 Å². The molecule has 0 aliphatic heterocycles. The highest BCUT2D eigenvalue weighted by atomic mass is 79.9. The first-order valence-corrected chi connectivity index (χ1v) is 10.2. The number of hydrogen-bond acceptors (Lipinski definition) is 4. The van der Waals surface area contributed by atoms with Crippen LogP contribution in [0.4, 0.5) is 0 Å². The highest BCUT2D eigenvalue weighted by Gasteiger charge is 2.00. The first kappa shape index (κ1) is 22.9. The normalized spacial score (nSPS) is 12.3. The van der Waals surface area contributed by atoms with E-state index in [1.54, 1.807) is 31.4 Å². The fraction of sp³-hybridized carbons (Fsp3) is 0.0870. The molecule has 0 saturated heterocycles. The maximum absolute atomic E-state index is 11.9. The molecule has 0 bridgehead atoms. The standard InChI is InChI=1S/C23H20Br2O4/c1-29-23-13-16(8-11-22(23)25)4-2-3-5-19(27)14-20(28)9-6-17-7-10-21(24)18(12-17)15-26/h2-14,26,28H,15H2,1H3/b4-2+,5-3+,9-6+,20-14-. The summed E-state index contributed by atoms with van der Waals surface area (Å²) in [6.45, 7) is -0.0894. The van der Waals surface area contributed by atoms with Crippen LogP contribution in [0.3, 0.4) is 0 Å². The Morgan fingerprint density at radius 3 is 2.38 bits per heavy atom. The monoisotopic (exact) mass is 518 g/mol. The Balaban J connectivity index is 1.97. The van der Waals surface area contributed by atoms with Gasteiger partial charge in [0.1, 0.15) is 11.5 Å². The molecule has 0 amide bonds. The van der Waals surface area contributed by atoms with Gasteiger partial charge in [-0.05, 0) is 69.0 Å². The zero-order chi connectivity index (χ0) is 21.2. The molecule has 4 nitrogen and oxygen atoms in total. The molecule has 0 aliphatic carbocycles. The third-order valence-electron chi connectivity index (χ3n) is 3.81. The van der Waals surface area contributed by atoms with E-state index in [4.69, 9.17) is 4.74 Å². The first-order chi connectivity index (χ1) is 13.9. The number of aliphatic hydroxyl groups excluding tert-OH is 2. The number of hydrogen-bond donors (Lipinski definition) is 2. The van der Waals surface area contributed by atoms with Gasteiger partial charge in [0.25, 0.3) is 0 Å². The van der Waals surface area contributed by atoms with Gasteiger partial charge in [0.15, 0.2) is 5.78 Å². The lowest BCUT2D eigenvalue weighted by molar-refractivity contribution is -0.110. The number of allylic oxidation sites excluding steroid dienone is 5. The minimum atomic E-state index is -0.336. The van der Waals surface area contributed by atoms with Gasteiger partial charge in [-0.1, -0.05) is 52.4 Å². The maximum atomic E-state index is 11.9. The van der Waals surface area contributed by atoms with E-state index in [0.29, 0.717) is 0 Å². The third-order valence-corrected chi connectivity index (χ3v) is 5.24. The Bertz CT molecular complexity index is 988. The number of aliphatic hydroxyl groups is 2. The average Bonchev–Trinajstić information content (AvgIpc) is 2.71. The molecule has 0 unspecified atom stereocenters. The second kappa shape index (κ2) is 11.6. The van der Waals surface area contributed by atoms with Crippen LogP contribution in [0.25, 0.3) is 12.2 Å². The van der Waals surface area contributed by atoms with Gasteiger partial charge in [-0.15, -0.1) is 0 Å². The van der Waals surface area contributed by atoms with Gasteiger partial charge in [0.2, 0.25) is 0 Å². The molecule has 29 heavy (non-hydrogen) atoms. The number of rotatable bonds is 8. The van der Waals surface area contributed by atoms with Crippen molar-refractivity contribution in [2.45, 2.75) is 6.61 Å². The number of ether oxygens (including phenoxy) is 1. The molecule has 2 rings (SSSR count). The van der Waals surface area contributed by atoms with E-state index in [0.717, 1.165) is 37.5 Å². The topological polar surface area (TPSA) is 66.8 Å². The van der Waals surface area contributed by atoms with Crippen LogP contribution in [0, 0.1) is 0 Å². The first-order valence-electron chi connectivity index (χ1n) is 8.63. The van der Waals surface area contributed by atoms with Crippen LogP contribution >= 0.6 is 31.9 Å². The lowest BCUT2D eigenvalue weighted by atomic mass is 10.1. The van der Waals surface area contributed by atoms with Crippen LogP contribution in [-0.4, -0.2) is 23.1 Å². The van der Waals surface area contributed by atoms with Crippen LogP contribution in [0.1, 0.15) is 16.7 Å². The van der Waals surface area contributed by atoms with Crippen molar-refractivity contribution in [2.24, 2.45) is 0 Å². The van der Waals surface area contributed by atoms with Crippen LogP contribution in [0.2, 0.25) is 0 Å². The van der Waals surface area contributed by atoms with Gasteiger partial charge >= 0.3 is 0 Å². The van der Waals surface area contributed by atoms with Gasteiger partial charge in [-0.2, -0.15) is 0 Å². The molecule has 0 spiro atoms. The lowest BCUT2D eigenvalue weighted by Gasteiger charge is -2.03. The van der Waals surface area contributed by atoms with Crippen molar-refractivity contribution in [1.29, 1.82) is 0 Å². The van der Waals surface area contributed by atoms with Crippen molar-refractivity contribution >= 4 is 49.8 Å². The van der Waals surface area contributed by atoms with Gasteiger partial charge in [0.05, 0.1) is 18.2 Å². The molecule has 0 atom stereocenters. The van der Waals surface area contributed by atoms with Crippen molar-refractivity contribution < 1.29 is 19.7 Å². The largest absolute Gasteiger partial charge is 0.508 e. The fourth-order valence-corrected chi connectivity index (χ4v) is 3.12. The number of ketones is 1. The maximum Gasteiger partial charge on any atom is 0.182 e. The lowest BCUT2D eigenvalue weighted by Crippen LogP contribution is -1.89. The third kappa shape index (κ3) is 7.49. The van der Waals surface area contributed by atoms with Gasteiger partial charge in [-0.25, -0.2) is 0 Å². The van der Waals surface area contributed by atoms with Crippen LogP contribution in [0.15, 0.2) is 81.5 Å². The van der Waals surface area contributed by atoms with Gasteiger partial charge in [-0.3, -0.25) is 4.79 Å². The Morgan fingerprint density at radius 1 is 1.00 bits per heavy atom. The number of carbonyl (C=O) groups excluding carboxylic acids is 1. The summed E-state index contributed by atoms with van der Waals surface area (Å²) in [5.74, 6) is 0.232. The molecule has 2 aromatic carbocycles. The fourth-order valence-electron chi connectivity index (χ4n) is 2.34. The Hall–Kier alpha value is -2.41. The van der Waals surface area contributed by atoms with E-state index in [1.165, 1.54) is 12.2 Å². The average molecular weight is 520 g/mol. The molecular formula is C23H20Br2O4. The summed E-state index contributed by atoms with van der Waals surface area (Å²) in [4.78, 5) is 11.9. The van der Waals surface area contributed by atoms with E-state index in [1.807, 2.05) is 36.4 Å². The van der Waals surface area contributed by atoms with Crippen molar-refractivity contribution in [1.82, 2.24) is 0 Å². The summed E-state index contributed by atoms with van der Waals surface area (Å²) >= 11 is 6.74. The number of methoxy groups -OCH3 is 1. The van der Waals surface area contributed by atoms with E-state index in [9.17, 15) is 15.0 Å². The van der Waals surface area contributed by atoms with Gasteiger partial charge in [0, 0.05) is 10.5 Å². The molecule has 0 radical (unpaired) electrons. The van der Waals surface area contributed by atoms with Crippen molar-refractivity contribution in [3.05, 3.63) is 98.2 Å². The SMILES string of the molecule is COc1cc(/C=C/C=C/C(=O)/C=C(O)/C=C/c2ccc(Br)c(CO)c2)ccc1Br. The Labute approximate surface area is 186 Å². The van der Waals surface area contributed by atoms with E-state index >= 15 is 0 Å². The molecule has 0 saturated carbocycles. The molecule has 6 heteroatoms. The van der Waals surface area contributed by atoms with Crippen molar-refractivity contribution in [2.75, 3.05) is 7.11 Å². The molecule has 150 valence electrons. The quantitative estimate of drug-likeness (QED) is 0.255. The van der Waals surface area contributed by atoms with Crippen LogP contribution in [-0.2, 0) is 11.4 Å². The number of carbonyl (C=O) groups is 1. The smallest absolute Gasteiger partial charge is 0.182 e. The zero-order valence-corrected chi connectivity index (χ0v) is 18.9. The number of benzene rings is 2. The van der Waals surface area contributed by atoms with Crippen molar-refractivity contribution in [3.8, 4) is 5.75 Å². The van der Waals surface area contributed by atoms with E-state index in [-0.39, 0.29) is 18.1 Å². The molecule has 2 N–H and O–H groups in total. The molecule has 0 aromatic heterocycles. The highest BCUT2D eigenvalue weighted by molar-refractivity contribution is 9.10. The Kier molecular flexibility index (Phi) is 9.12. The minimum absolute atomic E-state index is 0.0894. The van der Waals surface area contributed by atoms with Crippen LogP contribution in [0.5, 0.6) is 5.75 Å². The molecular weight excluding hydrogens is 500 g/mol. The summed E-state index contributed by atoms with van der Waals surface area (Å²) in [5.41, 5.74) is 2.47. The Morgan fingerprint density at radius 2 is 1.69 bits per heavy atom. The summed E-state index contributed by atoms with van der Waals surface area (Å²) in [6.07, 6.45) is 10.8. The van der Waals surface area contributed by atoms with E-state index < -0.39 is 0 Å². The van der Waals surface area contributed by atoms with Crippen LogP contribution < -0.4 is 4.74 Å². The molecule has 0 fully saturated rings. The van der Waals surface area contributed by atoms with Crippen molar-refractivity contribution in [3.63, 3.8) is 0 Å². The zero-order valence-electron chi connectivity index (χ0n) is 15.7. The number of halogens is 2. The minimum Gasteiger partial charge on any atom is -0.508 e. The second-order valence-electron chi connectivity index (χ2n) is 5.93. The molecule has 0 heterocycles. The summed E-state index contributed by atoms with van der Waals surface area (Å²) in [5, 5.41) is 19.2. The molecule has 0 aliphatic rings. The predicted octanol–water partition coefficient (Wildman–Crippen LogP) is 6.01. The summed E-state index contributed by atoms with van der Waals surface area (Å²) in [7, 11) is 1.60.